The highest BCUT2D eigenvalue weighted by atomic mass is 16.3. The summed E-state index contributed by atoms with van der Waals surface area (Å²) in [7, 11) is 0. The Bertz CT molecular complexity index is 344. The molecule has 1 aliphatic carbocycles. The van der Waals surface area contributed by atoms with Crippen LogP contribution in [0, 0.1) is 5.92 Å². The van der Waals surface area contributed by atoms with Crippen LogP contribution in [0.2, 0.25) is 0 Å². The average Bonchev–Trinajstić information content (AvgIpc) is 2.15. The van der Waals surface area contributed by atoms with Crippen molar-refractivity contribution in [2.75, 3.05) is 0 Å². The van der Waals surface area contributed by atoms with Crippen molar-refractivity contribution in [3.8, 4) is 0 Å². The minimum absolute atomic E-state index is 0.0935. The number of hydrogen-bond acceptors (Lipinski definition) is 2. The van der Waals surface area contributed by atoms with Crippen molar-refractivity contribution < 1.29 is 9.90 Å². The van der Waals surface area contributed by atoms with Gasteiger partial charge in [0.25, 0.3) is 0 Å². The van der Waals surface area contributed by atoms with Crippen molar-refractivity contribution in [1.29, 1.82) is 0 Å². The first kappa shape index (κ1) is 14.2. The minimum Gasteiger partial charge on any atom is -0.389 e. The van der Waals surface area contributed by atoms with E-state index < -0.39 is 5.60 Å². The quantitative estimate of drug-likeness (QED) is 0.759. The highest BCUT2D eigenvalue weighted by Crippen LogP contribution is 2.32. The average molecular weight is 236 g/mol. The minimum atomic E-state index is -0.875. The van der Waals surface area contributed by atoms with Crippen molar-refractivity contribution in [2.45, 2.75) is 59.0 Å². The molecule has 0 radical (unpaired) electrons. The van der Waals surface area contributed by atoms with Crippen LogP contribution < -0.4 is 0 Å². The van der Waals surface area contributed by atoms with E-state index in [1.165, 1.54) is 5.57 Å². The summed E-state index contributed by atoms with van der Waals surface area (Å²) in [5, 5.41) is 10.4. The Morgan fingerprint density at radius 1 is 1.59 bits per heavy atom. The Hall–Kier alpha value is -0.890. The molecule has 0 aromatic carbocycles. The molecule has 1 rings (SSSR count). The molecule has 1 N–H and O–H groups in total. The van der Waals surface area contributed by atoms with Crippen LogP contribution in [0.25, 0.3) is 0 Å². The van der Waals surface area contributed by atoms with E-state index >= 15 is 0 Å². The highest BCUT2D eigenvalue weighted by Gasteiger charge is 2.36. The number of aliphatic hydroxyl groups is 1. The maximum absolute atomic E-state index is 11.9. The van der Waals surface area contributed by atoms with Gasteiger partial charge in [-0.1, -0.05) is 17.2 Å². The molecule has 0 heterocycles. The second-order valence-electron chi connectivity index (χ2n) is 5.66. The molecule has 0 aromatic rings. The molecule has 0 aliphatic heterocycles. The van der Waals surface area contributed by atoms with E-state index in [9.17, 15) is 9.90 Å². The van der Waals surface area contributed by atoms with E-state index in [1.807, 2.05) is 20.8 Å². The van der Waals surface area contributed by atoms with Crippen LogP contribution in [0.3, 0.4) is 0 Å². The molecular weight excluding hydrogens is 212 g/mol. The van der Waals surface area contributed by atoms with Gasteiger partial charge in [-0.2, -0.15) is 0 Å². The van der Waals surface area contributed by atoms with Gasteiger partial charge >= 0.3 is 0 Å². The van der Waals surface area contributed by atoms with Crippen LogP contribution in [0.1, 0.15) is 53.4 Å². The van der Waals surface area contributed by atoms with Gasteiger partial charge in [0.05, 0.1) is 11.5 Å². The van der Waals surface area contributed by atoms with Gasteiger partial charge in [0.1, 0.15) is 0 Å². The zero-order chi connectivity index (χ0) is 13.1. The summed E-state index contributed by atoms with van der Waals surface area (Å²) < 4.78 is 0. The van der Waals surface area contributed by atoms with Crippen LogP contribution >= 0.6 is 0 Å². The summed E-state index contributed by atoms with van der Waals surface area (Å²) in [6.45, 7) is 7.87. The molecule has 0 spiro atoms. The molecule has 2 heteroatoms. The number of rotatable bonds is 4. The lowest BCUT2D eigenvalue weighted by Crippen LogP contribution is -2.40. The molecule has 1 aliphatic rings. The van der Waals surface area contributed by atoms with Gasteiger partial charge in [-0.05, 0) is 59.5 Å². The fourth-order valence-corrected chi connectivity index (χ4v) is 2.37. The Morgan fingerprint density at radius 2 is 2.24 bits per heavy atom. The third-order valence-corrected chi connectivity index (χ3v) is 3.51. The fourth-order valence-electron chi connectivity index (χ4n) is 2.37. The smallest absolute Gasteiger partial charge is 0.161 e. The topological polar surface area (TPSA) is 37.3 Å². The van der Waals surface area contributed by atoms with Gasteiger partial charge in [-0.3, -0.25) is 4.79 Å². The van der Waals surface area contributed by atoms with Gasteiger partial charge in [0, 0.05) is 0 Å². The maximum atomic E-state index is 11.9. The maximum Gasteiger partial charge on any atom is 0.161 e. The van der Waals surface area contributed by atoms with Crippen molar-refractivity contribution in [3.63, 3.8) is 0 Å². The SMILES string of the molecule is CC(C)=CCCC(C)(O)C1CCC(C)=CC1=O. The molecule has 0 saturated heterocycles. The lowest BCUT2D eigenvalue weighted by atomic mass is 9.76. The number of allylic oxidation sites excluding steroid dienone is 4. The van der Waals surface area contributed by atoms with E-state index in [1.54, 1.807) is 13.0 Å². The number of carbonyl (C=O) groups is 1. The van der Waals surface area contributed by atoms with Crippen LogP contribution in [-0.2, 0) is 4.79 Å². The fraction of sp³-hybridized carbons (Fsp3) is 0.667. The normalized spacial score (nSPS) is 23.9. The Morgan fingerprint density at radius 3 is 2.76 bits per heavy atom. The van der Waals surface area contributed by atoms with Crippen molar-refractivity contribution in [3.05, 3.63) is 23.3 Å². The van der Waals surface area contributed by atoms with Crippen LogP contribution in [0.5, 0.6) is 0 Å². The molecule has 2 unspecified atom stereocenters. The van der Waals surface area contributed by atoms with E-state index in [0.29, 0.717) is 6.42 Å². The van der Waals surface area contributed by atoms with Crippen molar-refractivity contribution >= 4 is 5.78 Å². The summed E-state index contributed by atoms with van der Waals surface area (Å²) in [4.78, 5) is 11.9. The second kappa shape index (κ2) is 5.63. The standard InChI is InChI=1S/C15H24O2/c1-11(2)6-5-9-15(4,17)13-8-7-12(3)10-14(13)16/h6,10,13,17H,5,7-9H2,1-4H3. The Labute approximate surface area is 104 Å². The molecule has 0 bridgehead atoms. The molecule has 0 fully saturated rings. The van der Waals surface area contributed by atoms with Crippen LogP contribution in [0.4, 0.5) is 0 Å². The largest absolute Gasteiger partial charge is 0.389 e. The van der Waals surface area contributed by atoms with E-state index in [0.717, 1.165) is 24.8 Å². The van der Waals surface area contributed by atoms with E-state index in [2.05, 4.69) is 6.08 Å². The number of ketones is 1. The molecule has 0 aromatic heterocycles. The van der Waals surface area contributed by atoms with E-state index in [4.69, 9.17) is 0 Å². The zero-order valence-electron chi connectivity index (χ0n) is 11.4. The van der Waals surface area contributed by atoms with Crippen LogP contribution in [-0.4, -0.2) is 16.5 Å². The van der Waals surface area contributed by atoms with Crippen molar-refractivity contribution in [2.24, 2.45) is 5.92 Å². The Balaban J connectivity index is 2.64. The highest BCUT2D eigenvalue weighted by molar-refractivity contribution is 5.94. The zero-order valence-corrected chi connectivity index (χ0v) is 11.4. The number of carbonyl (C=O) groups excluding carboxylic acids is 1. The third kappa shape index (κ3) is 4.12. The van der Waals surface area contributed by atoms with Gasteiger partial charge in [0.2, 0.25) is 0 Å². The van der Waals surface area contributed by atoms with Gasteiger partial charge in [-0.25, -0.2) is 0 Å². The summed E-state index contributed by atoms with van der Waals surface area (Å²) in [5.74, 6) is -0.132. The molecule has 17 heavy (non-hydrogen) atoms. The second-order valence-corrected chi connectivity index (χ2v) is 5.66. The molecule has 0 amide bonds. The lowest BCUT2D eigenvalue weighted by molar-refractivity contribution is -0.128. The molecule has 2 atom stereocenters. The Kier molecular flexibility index (Phi) is 4.70. The predicted molar refractivity (Wildman–Crippen MR) is 70.8 cm³/mol. The van der Waals surface area contributed by atoms with Crippen LogP contribution in [0.15, 0.2) is 23.3 Å². The summed E-state index contributed by atoms with van der Waals surface area (Å²) in [6.07, 6.45) is 7.01. The third-order valence-electron chi connectivity index (χ3n) is 3.51. The summed E-state index contributed by atoms with van der Waals surface area (Å²) in [6, 6.07) is 0. The molecule has 96 valence electrons. The summed E-state index contributed by atoms with van der Waals surface area (Å²) in [5.41, 5.74) is 1.51. The summed E-state index contributed by atoms with van der Waals surface area (Å²) >= 11 is 0. The molecular formula is C15H24O2. The number of hydrogen-bond donors (Lipinski definition) is 1. The first-order chi connectivity index (χ1) is 7.83. The predicted octanol–water partition coefficient (Wildman–Crippen LogP) is 3.41. The lowest BCUT2D eigenvalue weighted by Gasteiger charge is -2.33. The van der Waals surface area contributed by atoms with Crippen molar-refractivity contribution in [1.82, 2.24) is 0 Å². The van der Waals surface area contributed by atoms with E-state index in [-0.39, 0.29) is 11.7 Å². The van der Waals surface area contributed by atoms with Gasteiger partial charge in [-0.15, -0.1) is 0 Å². The first-order valence-electron chi connectivity index (χ1n) is 6.39. The van der Waals surface area contributed by atoms with Gasteiger partial charge < -0.3 is 5.11 Å². The van der Waals surface area contributed by atoms with Gasteiger partial charge in [0.15, 0.2) is 5.78 Å². The molecule has 0 saturated carbocycles. The first-order valence-corrected chi connectivity index (χ1v) is 6.39. The molecule has 2 nitrogen and oxygen atoms in total. The monoisotopic (exact) mass is 236 g/mol.